The highest BCUT2D eigenvalue weighted by Gasteiger charge is 2.26. The van der Waals surface area contributed by atoms with Crippen LogP contribution in [0.2, 0.25) is 0 Å². The highest BCUT2D eigenvalue weighted by Crippen LogP contribution is 2.37. The molecular weight excluding hydrogens is 280 g/mol. The molecule has 1 unspecified atom stereocenters. The summed E-state index contributed by atoms with van der Waals surface area (Å²) in [6.45, 7) is 11.4. The van der Waals surface area contributed by atoms with Gasteiger partial charge >= 0.3 is 0 Å². The Labute approximate surface area is 132 Å². The van der Waals surface area contributed by atoms with Gasteiger partial charge in [-0.15, -0.1) is 0 Å². The maximum atomic E-state index is 4.97. The molecule has 2 heterocycles. The number of hydrogen-bond acceptors (Lipinski definition) is 5. The molecule has 118 valence electrons. The number of rotatable bonds is 5. The van der Waals surface area contributed by atoms with Crippen LogP contribution in [0.1, 0.15) is 49.7 Å². The van der Waals surface area contributed by atoms with E-state index in [1.165, 1.54) is 61.0 Å². The first-order chi connectivity index (χ1) is 10.3. The van der Waals surface area contributed by atoms with Gasteiger partial charge in [-0.05, 0) is 38.8 Å². The number of hydrogen-bond donors (Lipinski definition) is 1. The molecule has 0 saturated carbocycles. The fourth-order valence-corrected chi connectivity index (χ4v) is 4.58. The van der Waals surface area contributed by atoms with Gasteiger partial charge in [0.15, 0.2) is 5.13 Å². The van der Waals surface area contributed by atoms with Gasteiger partial charge in [0.2, 0.25) is 0 Å². The van der Waals surface area contributed by atoms with Gasteiger partial charge in [-0.25, -0.2) is 4.98 Å². The summed E-state index contributed by atoms with van der Waals surface area (Å²) in [6, 6.07) is 0.553. The highest BCUT2D eigenvalue weighted by molar-refractivity contribution is 7.15. The van der Waals surface area contributed by atoms with Crippen LogP contribution in [0.3, 0.4) is 0 Å². The van der Waals surface area contributed by atoms with Crippen LogP contribution in [0.15, 0.2) is 0 Å². The number of aromatic nitrogens is 1. The van der Waals surface area contributed by atoms with E-state index in [9.17, 15) is 0 Å². The largest absolute Gasteiger partial charge is 0.346 e. The van der Waals surface area contributed by atoms with E-state index < -0.39 is 0 Å². The molecule has 1 saturated heterocycles. The summed E-state index contributed by atoms with van der Waals surface area (Å²) < 4.78 is 0. The lowest BCUT2D eigenvalue weighted by molar-refractivity contribution is 0.271. The number of thiazole rings is 1. The van der Waals surface area contributed by atoms with Gasteiger partial charge in [-0.2, -0.15) is 0 Å². The molecule has 1 aliphatic heterocycles. The fourth-order valence-electron chi connectivity index (χ4n) is 3.31. The second-order valence-corrected chi connectivity index (χ2v) is 7.14. The SMILES string of the molecule is CCCNC1CCCc2nc(N3CCN(CC)CC3)sc21. The van der Waals surface area contributed by atoms with E-state index in [1.807, 2.05) is 11.3 Å². The molecule has 0 radical (unpaired) electrons. The van der Waals surface area contributed by atoms with Crippen LogP contribution in [0.4, 0.5) is 5.13 Å². The molecule has 0 bridgehead atoms. The summed E-state index contributed by atoms with van der Waals surface area (Å²) in [5, 5.41) is 4.97. The minimum Gasteiger partial charge on any atom is -0.346 e. The number of fused-ring (bicyclic) bond motifs is 1. The van der Waals surface area contributed by atoms with Crippen molar-refractivity contribution in [1.29, 1.82) is 0 Å². The third-order valence-electron chi connectivity index (χ3n) is 4.67. The maximum absolute atomic E-state index is 4.97. The van der Waals surface area contributed by atoms with Crippen LogP contribution in [0, 0.1) is 0 Å². The van der Waals surface area contributed by atoms with Crippen LogP contribution in [0.5, 0.6) is 0 Å². The average molecular weight is 308 g/mol. The molecule has 0 amide bonds. The van der Waals surface area contributed by atoms with Crippen molar-refractivity contribution in [3.63, 3.8) is 0 Å². The van der Waals surface area contributed by atoms with E-state index >= 15 is 0 Å². The van der Waals surface area contributed by atoms with Crippen molar-refractivity contribution in [1.82, 2.24) is 15.2 Å². The lowest BCUT2D eigenvalue weighted by Gasteiger charge is -2.33. The Balaban J connectivity index is 1.69. The highest BCUT2D eigenvalue weighted by atomic mass is 32.1. The first-order valence-electron chi connectivity index (χ1n) is 8.52. The predicted molar refractivity (Wildman–Crippen MR) is 90.4 cm³/mol. The minimum atomic E-state index is 0.553. The molecule has 1 aromatic heterocycles. The summed E-state index contributed by atoms with van der Waals surface area (Å²) in [6.07, 6.45) is 4.93. The van der Waals surface area contributed by atoms with Gasteiger partial charge in [0.1, 0.15) is 0 Å². The van der Waals surface area contributed by atoms with Gasteiger partial charge in [0.05, 0.1) is 5.69 Å². The van der Waals surface area contributed by atoms with Crippen molar-refractivity contribution in [2.45, 2.75) is 45.6 Å². The van der Waals surface area contributed by atoms with Crippen LogP contribution < -0.4 is 10.2 Å². The van der Waals surface area contributed by atoms with Crippen LogP contribution in [-0.4, -0.2) is 49.2 Å². The van der Waals surface area contributed by atoms with Gasteiger partial charge in [-0.3, -0.25) is 0 Å². The topological polar surface area (TPSA) is 31.4 Å². The zero-order valence-electron chi connectivity index (χ0n) is 13.4. The van der Waals surface area contributed by atoms with Crippen molar-refractivity contribution in [3.05, 3.63) is 10.6 Å². The third kappa shape index (κ3) is 3.41. The van der Waals surface area contributed by atoms with E-state index in [1.54, 1.807) is 0 Å². The Morgan fingerprint density at radius 1 is 1.24 bits per heavy atom. The molecule has 3 rings (SSSR count). The molecule has 1 aliphatic carbocycles. The van der Waals surface area contributed by atoms with E-state index in [-0.39, 0.29) is 0 Å². The molecule has 4 nitrogen and oxygen atoms in total. The van der Waals surface area contributed by atoms with Gasteiger partial charge in [-0.1, -0.05) is 25.2 Å². The number of nitrogens with zero attached hydrogens (tertiary/aromatic N) is 3. The standard InChI is InChI=1S/C16H28N4S/c1-3-8-17-13-6-5-7-14-15(13)21-16(18-14)20-11-9-19(4-2)10-12-20/h13,17H,3-12H2,1-2H3. The zero-order chi connectivity index (χ0) is 14.7. The molecule has 0 aromatic carbocycles. The number of anilines is 1. The maximum Gasteiger partial charge on any atom is 0.185 e. The van der Waals surface area contributed by atoms with E-state index in [4.69, 9.17) is 4.98 Å². The minimum absolute atomic E-state index is 0.553. The Bertz CT molecular complexity index is 451. The molecule has 1 aromatic rings. The van der Waals surface area contributed by atoms with Crippen molar-refractivity contribution in [3.8, 4) is 0 Å². The number of likely N-dealkylation sites (N-methyl/N-ethyl adjacent to an activating group) is 1. The summed E-state index contributed by atoms with van der Waals surface area (Å²) in [4.78, 5) is 11.5. The Kier molecular flexibility index (Phi) is 5.14. The number of aryl methyl sites for hydroxylation is 1. The predicted octanol–water partition coefficient (Wildman–Crippen LogP) is 2.66. The smallest absolute Gasteiger partial charge is 0.185 e. The van der Waals surface area contributed by atoms with Crippen molar-refractivity contribution in [2.24, 2.45) is 0 Å². The quantitative estimate of drug-likeness (QED) is 0.906. The van der Waals surface area contributed by atoms with Crippen molar-refractivity contribution < 1.29 is 0 Å². The van der Waals surface area contributed by atoms with Gasteiger partial charge in [0.25, 0.3) is 0 Å². The number of nitrogens with one attached hydrogen (secondary N) is 1. The Hall–Kier alpha value is -0.650. The average Bonchev–Trinajstić information content (AvgIpc) is 2.97. The van der Waals surface area contributed by atoms with E-state index in [0.717, 1.165) is 19.6 Å². The lowest BCUT2D eigenvalue weighted by atomic mass is 9.98. The molecule has 1 fully saturated rings. The molecule has 5 heteroatoms. The second kappa shape index (κ2) is 7.07. The Morgan fingerprint density at radius 2 is 2.05 bits per heavy atom. The molecule has 1 N–H and O–H groups in total. The van der Waals surface area contributed by atoms with E-state index in [2.05, 4.69) is 29.0 Å². The zero-order valence-corrected chi connectivity index (χ0v) is 14.2. The first kappa shape index (κ1) is 15.3. The third-order valence-corrected chi connectivity index (χ3v) is 5.94. The van der Waals surface area contributed by atoms with Crippen LogP contribution in [0.25, 0.3) is 0 Å². The molecule has 21 heavy (non-hydrogen) atoms. The molecule has 0 spiro atoms. The molecule has 1 atom stereocenters. The van der Waals surface area contributed by atoms with Crippen LogP contribution in [-0.2, 0) is 6.42 Å². The van der Waals surface area contributed by atoms with Crippen LogP contribution >= 0.6 is 11.3 Å². The van der Waals surface area contributed by atoms with Gasteiger partial charge in [0, 0.05) is 37.1 Å². The normalized spacial score (nSPS) is 23.3. The lowest BCUT2D eigenvalue weighted by Crippen LogP contribution is -2.46. The van der Waals surface area contributed by atoms with Crippen molar-refractivity contribution in [2.75, 3.05) is 44.2 Å². The second-order valence-electron chi connectivity index (χ2n) is 6.13. The molecular formula is C16H28N4S. The fraction of sp³-hybridized carbons (Fsp3) is 0.812. The Morgan fingerprint density at radius 3 is 2.76 bits per heavy atom. The van der Waals surface area contributed by atoms with E-state index in [0.29, 0.717) is 6.04 Å². The number of piperazine rings is 1. The van der Waals surface area contributed by atoms with Gasteiger partial charge < -0.3 is 15.1 Å². The summed E-state index contributed by atoms with van der Waals surface area (Å²) >= 11 is 1.94. The van der Waals surface area contributed by atoms with Crippen molar-refractivity contribution >= 4 is 16.5 Å². The monoisotopic (exact) mass is 308 g/mol. The summed E-state index contributed by atoms with van der Waals surface area (Å²) in [5.74, 6) is 0. The summed E-state index contributed by atoms with van der Waals surface area (Å²) in [5.41, 5.74) is 1.37. The molecule has 2 aliphatic rings. The summed E-state index contributed by atoms with van der Waals surface area (Å²) in [7, 11) is 0. The first-order valence-corrected chi connectivity index (χ1v) is 9.33.